The Morgan fingerprint density at radius 2 is 1.83 bits per heavy atom. The molecule has 8 unspecified atom stereocenters. The maximum Gasteiger partial charge on any atom is 0.123 e. The molecule has 2 N–H and O–H groups in total. The second kappa shape index (κ2) is 4.80. The van der Waals surface area contributed by atoms with Gasteiger partial charge in [-0.15, -0.1) is 0 Å². The fourth-order valence-electron chi connectivity index (χ4n) is 6.01. The average Bonchev–Trinajstić information content (AvgIpc) is 3.11. The lowest BCUT2D eigenvalue weighted by atomic mass is 9.75. The number of hydrogen-bond acceptors (Lipinski definition) is 3. The highest BCUT2D eigenvalue weighted by Crippen LogP contribution is 2.64. The van der Waals surface area contributed by atoms with Crippen LogP contribution in [0.3, 0.4) is 0 Å². The number of rotatable bonds is 1. The van der Waals surface area contributed by atoms with Gasteiger partial charge >= 0.3 is 0 Å². The molecule has 0 spiro atoms. The molecule has 3 nitrogen and oxygen atoms in total. The molecule has 4 heteroatoms. The van der Waals surface area contributed by atoms with E-state index in [0.717, 1.165) is 18.4 Å². The number of aliphatic hydroxyl groups is 2. The zero-order chi connectivity index (χ0) is 15.7. The molecule has 0 aromatic heterocycles. The first-order valence-corrected chi connectivity index (χ1v) is 8.51. The molecule has 1 saturated heterocycles. The van der Waals surface area contributed by atoms with Gasteiger partial charge in [-0.25, -0.2) is 4.39 Å². The number of likely N-dealkylation sites (tertiary alicyclic amines) is 1. The van der Waals surface area contributed by atoms with Crippen molar-refractivity contribution >= 4 is 0 Å². The summed E-state index contributed by atoms with van der Waals surface area (Å²) in [5.41, 5.74) is 0.794. The van der Waals surface area contributed by atoms with Gasteiger partial charge in [0.1, 0.15) is 5.82 Å². The Balaban J connectivity index is 1.40. The molecule has 0 amide bonds. The Morgan fingerprint density at radius 1 is 1.04 bits per heavy atom. The van der Waals surface area contributed by atoms with Gasteiger partial charge in [-0.1, -0.05) is 11.8 Å². The number of hydrogen-bond donors (Lipinski definition) is 2. The van der Waals surface area contributed by atoms with E-state index >= 15 is 0 Å². The van der Waals surface area contributed by atoms with Crippen LogP contribution in [0.25, 0.3) is 0 Å². The summed E-state index contributed by atoms with van der Waals surface area (Å²) in [7, 11) is 0. The highest BCUT2D eigenvalue weighted by molar-refractivity contribution is 5.34. The Labute approximate surface area is 135 Å². The first-order chi connectivity index (χ1) is 11.1. The minimum Gasteiger partial charge on any atom is -0.391 e. The molecule has 0 radical (unpaired) electrons. The SMILES string of the molecule is OC1C2C3CC1N(CC#Cc1ccc(F)cc1)C1C(O)C3CC21. The third kappa shape index (κ3) is 1.82. The first kappa shape index (κ1) is 14.0. The Bertz CT molecular complexity index is 694. The van der Waals surface area contributed by atoms with Crippen LogP contribution in [0.5, 0.6) is 0 Å². The van der Waals surface area contributed by atoms with Crippen LogP contribution in [0.2, 0.25) is 0 Å². The van der Waals surface area contributed by atoms with Gasteiger partial charge in [-0.3, -0.25) is 4.90 Å². The summed E-state index contributed by atoms with van der Waals surface area (Å²) in [6, 6.07) is 6.49. The molecule has 3 saturated carbocycles. The second-order valence-electron chi connectivity index (χ2n) is 7.56. The van der Waals surface area contributed by atoms with Crippen molar-refractivity contribution in [2.75, 3.05) is 6.54 Å². The van der Waals surface area contributed by atoms with Crippen LogP contribution in [0, 0.1) is 41.3 Å². The Kier molecular flexibility index (Phi) is 2.91. The van der Waals surface area contributed by atoms with Gasteiger partial charge in [0, 0.05) is 17.6 Å². The number of nitrogens with zero attached hydrogens (tertiary/aromatic N) is 1. The van der Waals surface area contributed by atoms with Crippen molar-refractivity contribution in [3.8, 4) is 11.8 Å². The van der Waals surface area contributed by atoms with Gasteiger partial charge in [0.15, 0.2) is 0 Å². The molecule has 1 heterocycles. The molecule has 4 bridgehead atoms. The highest BCUT2D eigenvalue weighted by Gasteiger charge is 2.69. The highest BCUT2D eigenvalue weighted by atomic mass is 19.1. The Morgan fingerprint density at radius 3 is 2.61 bits per heavy atom. The summed E-state index contributed by atoms with van der Waals surface area (Å²) >= 11 is 0. The lowest BCUT2D eigenvalue weighted by Crippen LogP contribution is -2.60. The molecule has 23 heavy (non-hydrogen) atoms. The molecule has 8 atom stereocenters. The van der Waals surface area contributed by atoms with E-state index in [9.17, 15) is 14.6 Å². The average molecular weight is 313 g/mol. The molecule has 3 aliphatic carbocycles. The monoisotopic (exact) mass is 313 g/mol. The fourth-order valence-corrected chi connectivity index (χ4v) is 6.01. The van der Waals surface area contributed by atoms with Crippen LogP contribution >= 0.6 is 0 Å². The van der Waals surface area contributed by atoms with Gasteiger partial charge in [0.05, 0.1) is 18.8 Å². The van der Waals surface area contributed by atoms with E-state index in [2.05, 4.69) is 16.7 Å². The topological polar surface area (TPSA) is 43.7 Å². The van der Waals surface area contributed by atoms with Gasteiger partial charge in [0.2, 0.25) is 0 Å². The molecular formula is C19H20FNO2. The van der Waals surface area contributed by atoms with Crippen molar-refractivity contribution in [2.24, 2.45) is 23.7 Å². The Hall–Kier alpha value is -1.41. The number of fused-ring (bicyclic) bond motifs is 3. The van der Waals surface area contributed by atoms with Crippen molar-refractivity contribution < 1.29 is 14.6 Å². The molecule has 1 aliphatic heterocycles. The summed E-state index contributed by atoms with van der Waals surface area (Å²) in [5, 5.41) is 21.2. The zero-order valence-electron chi connectivity index (χ0n) is 12.8. The van der Waals surface area contributed by atoms with Crippen molar-refractivity contribution in [2.45, 2.75) is 37.1 Å². The summed E-state index contributed by atoms with van der Waals surface area (Å²) in [5.74, 6) is 7.70. The molecule has 1 aromatic rings. The van der Waals surface area contributed by atoms with E-state index in [4.69, 9.17) is 0 Å². The van der Waals surface area contributed by atoms with Crippen molar-refractivity contribution in [1.29, 1.82) is 0 Å². The smallest absolute Gasteiger partial charge is 0.123 e. The molecular weight excluding hydrogens is 293 g/mol. The molecule has 120 valence electrons. The lowest BCUT2D eigenvalue weighted by molar-refractivity contribution is -0.0932. The van der Waals surface area contributed by atoms with Crippen LogP contribution in [-0.4, -0.2) is 45.9 Å². The van der Waals surface area contributed by atoms with E-state index < -0.39 is 0 Å². The van der Waals surface area contributed by atoms with Crippen LogP contribution in [0.15, 0.2) is 24.3 Å². The summed E-state index contributed by atoms with van der Waals surface area (Å²) in [6.07, 6.45) is 1.55. The third-order valence-corrected chi connectivity index (χ3v) is 6.76. The van der Waals surface area contributed by atoms with E-state index in [1.165, 1.54) is 12.1 Å². The van der Waals surface area contributed by atoms with Crippen LogP contribution in [0.1, 0.15) is 18.4 Å². The maximum atomic E-state index is 12.9. The minimum absolute atomic E-state index is 0.147. The summed E-state index contributed by atoms with van der Waals surface area (Å²) in [6.45, 7) is 0.559. The molecule has 4 fully saturated rings. The van der Waals surface area contributed by atoms with Gasteiger partial charge < -0.3 is 10.2 Å². The minimum atomic E-state index is -0.258. The van der Waals surface area contributed by atoms with E-state index in [1.807, 2.05) is 0 Å². The molecule has 4 aliphatic rings. The number of aliphatic hydroxyl groups excluding tert-OH is 2. The number of piperidine rings is 1. The van der Waals surface area contributed by atoms with E-state index in [0.29, 0.717) is 30.2 Å². The second-order valence-corrected chi connectivity index (χ2v) is 7.56. The van der Waals surface area contributed by atoms with Crippen LogP contribution in [-0.2, 0) is 0 Å². The van der Waals surface area contributed by atoms with Crippen molar-refractivity contribution in [1.82, 2.24) is 4.90 Å². The zero-order valence-corrected chi connectivity index (χ0v) is 12.8. The van der Waals surface area contributed by atoms with Gasteiger partial charge in [-0.05, 0) is 60.8 Å². The fraction of sp³-hybridized carbons (Fsp3) is 0.579. The predicted molar refractivity (Wildman–Crippen MR) is 82.8 cm³/mol. The van der Waals surface area contributed by atoms with Gasteiger partial charge in [-0.2, -0.15) is 0 Å². The predicted octanol–water partition coefficient (Wildman–Crippen LogP) is 1.24. The number of halogens is 1. The normalized spacial score (nSPS) is 46.2. The lowest BCUT2D eigenvalue weighted by Gasteiger charge is -2.47. The van der Waals surface area contributed by atoms with E-state index in [1.54, 1.807) is 12.1 Å². The third-order valence-electron chi connectivity index (χ3n) is 6.76. The van der Waals surface area contributed by atoms with Crippen LogP contribution in [0.4, 0.5) is 4.39 Å². The largest absolute Gasteiger partial charge is 0.391 e. The van der Waals surface area contributed by atoms with Crippen LogP contribution < -0.4 is 0 Å². The quantitative estimate of drug-likeness (QED) is 0.767. The molecule has 5 rings (SSSR count). The van der Waals surface area contributed by atoms with E-state index in [-0.39, 0.29) is 30.1 Å². The van der Waals surface area contributed by atoms with Crippen molar-refractivity contribution in [3.63, 3.8) is 0 Å². The number of benzene rings is 1. The van der Waals surface area contributed by atoms with Crippen molar-refractivity contribution in [3.05, 3.63) is 35.6 Å². The maximum absolute atomic E-state index is 12.9. The summed E-state index contributed by atoms with van der Waals surface area (Å²) in [4.78, 5) is 2.25. The van der Waals surface area contributed by atoms with Gasteiger partial charge in [0.25, 0.3) is 0 Å². The first-order valence-electron chi connectivity index (χ1n) is 8.51. The summed E-state index contributed by atoms with van der Waals surface area (Å²) < 4.78 is 12.9. The molecule has 1 aromatic carbocycles. The standard InChI is InChI=1S/C19H20FNO2/c20-11-5-3-10(4-6-11)2-1-7-21-15-9-12-13-8-14(16(12)19(15)23)17(21)18(13)22/h3-6,12-19,22-23H,7-9H2.